The van der Waals surface area contributed by atoms with Gasteiger partial charge in [-0.1, -0.05) is 54.8 Å². The van der Waals surface area contributed by atoms with Gasteiger partial charge in [-0.05, 0) is 56.4 Å². The second kappa shape index (κ2) is 7.47. The molecule has 1 fully saturated rings. The van der Waals surface area contributed by atoms with Crippen LogP contribution in [0.5, 0.6) is 0 Å². The lowest BCUT2D eigenvalue weighted by Gasteiger charge is -2.28. The number of benzene rings is 2. The molecule has 1 aliphatic carbocycles. The molecular formula is C22H27NO3S. The van der Waals surface area contributed by atoms with Crippen molar-refractivity contribution in [3.05, 3.63) is 64.7 Å². The van der Waals surface area contributed by atoms with Crippen LogP contribution >= 0.6 is 0 Å². The summed E-state index contributed by atoms with van der Waals surface area (Å²) in [5.41, 5.74) is 3.66. The van der Waals surface area contributed by atoms with E-state index in [1.807, 2.05) is 50.2 Å². The van der Waals surface area contributed by atoms with E-state index in [-0.39, 0.29) is 10.8 Å². The molecule has 0 aromatic heterocycles. The first-order chi connectivity index (χ1) is 12.8. The van der Waals surface area contributed by atoms with E-state index in [1.54, 1.807) is 13.0 Å². The number of carbonyl (C=O) groups is 1. The molecule has 27 heavy (non-hydrogen) atoms. The number of sulfone groups is 1. The van der Waals surface area contributed by atoms with Crippen molar-refractivity contribution in [3.8, 4) is 0 Å². The lowest BCUT2D eigenvalue weighted by atomic mass is 10.1. The maximum Gasteiger partial charge on any atom is 0.242 e. The van der Waals surface area contributed by atoms with Gasteiger partial charge in [0, 0.05) is 6.54 Å². The zero-order chi connectivity index (χ0) is 19.7. The molecule has 2 aromatic rings. The molecule has 0 aliphatic heterocycles. The van der Waals surface area contributed by atoms with E-state index >= 15 is 0 Å². The molecule has 0 bridgehead atoms. The summed E-state index contributed by atoms with van der Waals surface area (Å²) >= 11 is 0. The van der Waals surface area contributed by atoms with Gasteiger partial charge in [0.15, 0.2) is 14.6 Å². The lowest BCUT2D eigenvalue weighted by molar-refractivity contribution is -0.123. The van der Waals surface area contributed by atoms with Gasteiger partial charge in [0.05, 0.1) is 4.90 Å². The van der Waals surface area contributed by atoms with Gasteiger partial charge in [0.2, 0.25) is 5.91 Å². The Morgan fingerprint density at radius 2 is 1.67 bits per heavy atom. The highest BCUT2D eigenvalue weighted by Gasteiger charge is 2.53. The number of aryl methyl sites for hydroxylation is 3. The maximum atomic E-state index is 13.6. The predicted molar refractivity (Wildman–Crippen MR) is 107 cm³/mol. The van der Waals surface area contributed by atoms with Gasteiger partial charge in [0.25, 0.3) is 0 Å². The van der Waals surface area contributed by atoms with Crippen LogP contribution in [0.3, 0.4) is 0 Å². The second-order valence-electron chi connectivity index (χ2n) is 7.65. The van der Waals surface area contributed by atoms with Crippen LogP contribution in [0.4, 0.5) is 0 Å². The molecule has 0 heterocycles. The molecule has 5 heteroatoms. The maximum absolute atomic E-state index is 13.6. The number of rotatable bonds is 5. The van der Waals surface area contributed by atoms with Gasteiger partial charge in [-0.2, -0.15) is 0 Å². The van der Waals surface area contributed by atoms with Crippen molar-refractivity contribution in [1.29, 1.82) is 0 Å². The fraction of sp³-hybridized carbons (Fsp3) is 0.409. The van der Waals surface area contributed by atoms with E-state index in [0.717, 1.165) is 29.5 Å². The van der Waals surface area contributed by atoms with E-state index in [0.29, 0.717) is 24.9 Å². The highest BCUT2D eigenvalue weighted by molar-refractivity contribution is 7.93. The molecule has 144 valence electrons. The van der Waals surface area contributed by atoms with Gasteiger partial charge in [-0.3, -0.25) is 4.79 Å². The van der Waals surface area contributed by atoms with E-state index < -0.39 is 14.6 Å². The summed E-state index contributed by atoms with van der Waals surface area (Å²) in [7, 11) is -3.78. The summed E-state index contributed by atoms with van der Waals surface area (Å²) in [5.74, 6) is -0.373. The molecule has 1 N–H and O–H groups in total. The first-order valence-corrected chi connectivity index (χ1v) is 10.9. The Kier molecular flexibility index (Phi) is 5.43. The molecule has 0 spiro atoms. The Labute approximate surface area is 161 Å². The van der Waals surface area contributed by atoms with Crippen molar-refractivity contribution in [1.82, 2.24) is 5.32 Å². The molecule has 2 aromatic carbocycles. The highest BCUT2D eigenvalue weighted by Crippen LogP contribution is 2.41. The Hall–Kier alpha value is -2.14. The molecule has 1 aliphatic rings. The Morgan fingerprint density at radius 3 is 2.33 bits per heavy atom. The standard InChI is InChI=1S/C22H27NO3S/c1-16-7-6-8-19(13-16)15-23-21(24)22(11-4-5-12-22)27(25,26)20-14-17(2)9-10-18(20)3/h6-10,13-14H,4-5,11-12,15H2,1-3H3,(H,23,24). The van der Waals surface area contributed by atoms with E-state index in [1.165, 1.54) is 0 Å². The molecule has 1 amide bonds. The molecule has 0 saturated heterocycles. The summed E-state index contributed by atoms with van der Waals surface area (Å²) in [5, 5.41) is 2.90. The first-order valence-electron chi connectivity index (χ1n) is 9.42. The van der Waals surface area contributed by atoms with Crippen molar-refractivity contribution in [2.24, 2.45) is 0 Å². The summed E-state index contributed by atoms with van der Waals surface area (Å²) in [6.45, 7) is 6.00. The number of hydrogen-bond donors (Lipinski definition) is 1. The van der Waals surface area contributed by atoms with Crippen molar-refractivity contribution in [2.45, 2.75) is 62.6 Å². The topological polar surface area (TPSA) is 63.2 Å². The third-order valence-electron chi connectivity index (χ3n) is 5.51. The summed E-state index contributed by atoms with van der Waals surface area (Å²) in [6, 6.07) is 13.3. The van der Waals surface area contributed by atoms with Crippen molar-refractivity contribution >= 4 is 15.7 Å². The van der Waals surface area contributed by atoms with Crippen LogP contribution < -0.4 is 5.32 Å². The van der Waals surface area contributed by atoms with Crippen LogP contribution in [0.15, 0.2) is 47.4 Å². The van der Waals surface area contributed by atoms with Crippen LogP contribution in [0.25, 0.3) is 0 Å². The minimum absolute atomic E-state index is 0.287. The molecule has 1 saturated carbocycles. The predicted octanol–water partition coefficient (Wildman–Crippen LogP) is 4.01. The zero-order valence-corrected chi connectivity index (χ0v) is 17.0. The third kappa shape index (κ3) is 3.65. The fourth-order valence-corrected chi connectivity index (χ4v) is 6.33. The Balaban J connectivity index is 1.93. The lowest BCUT2D eigenvalue weighted by Crippen LogP contribution is -2.50. The quantitative estimate of drug-likeness (QED) is 0.846. The van der Waals surface area contributed by atoms with E-state index in [9.17, 15) is 13.2 Å². The number of hydrogen-bond acceptors (Lipinski definition) is 3. The van der Waals surface area contributed by atoms with Crippen molar-refractivity contribution < 1.29 is 13.2 Å². The number of nitrogens with one attached hydrogen (secondary N) is 1. The second-order valence-corrected chi connectivity index (χ2v) is 9.87. The minimum Gasteiger partial charge on any atom is -0.351 e. The van der Waals surface area contributed by atoms with Crippen molar-refractivity contribution in [3.63, 3.8) is 0 Å². The Bertz CT molecular complexity index is 957. The Morgan fingerprint density at radius 1 is 1.00 bits per heavy atom. The smallest absolute Gasteiger partial charge is 0.242 e. The van der Waals surface area contributed by atoms with Crippen LogP contribution in [0.2, 0.25) is 0 Å². The minimum atomic E-state index is -3.78. The molecule has 0 radical (unpaired) electrons. The van der Waals surface area contributed by atoms with Crippen LogP contribution in [0.1, 0.15) is 47.9 Å². The largest absolute Gasteiger partial charge is 0.351 e. The van der Waals surface area contributed by atoms with Gasteiger partial charge < -0.3 is 5.32 Å². The first kappa shape index (κ1) is 19.6. The highest BCUT2D eigenvalue weighted by atomic mass is 32.2. The molecule has 0 atom stereocenters. The number of amides is 1. The zero-order valence-electron chi connectivity index (χ0n) is 16.2. The molecular weight excluding hydrogens is 358 g/mol. The molecule has 0 unspecified atom stereocenters. The SMILES string of the molecule is Cc1cccc(CNC(=O)C2(S(=O)(=O)c3cc(C)ccc3C)CCCC2)c1. The number of carbonyl (C=O) groups excluding carboxylic acids is 1. The summed E-state index contributed by atoms with van der Waals surface area (Å²) in [6.07, 6.45) is 2.26. The fourth-order valence-electron chi connectivity index (χ4n) is 3.94. The van der Waals surface area contributed by atoms with Gasteiger partial charge in [-0.25, -0.2) is 8.42 Å². The third-order valence-corrected chi connectivity index (χ3v) is 8.15. The summed E-state index contributed by atoms with van der Waals surface area (Å²) in [4.78, 5) is 13.4. The van der Waals surface area contributed by atoms with Crippen LogP contribution in [0, 0.1) is 20.8 Å². The van der Waals surface area contributed by atoms with Crippen LogP contribution in [-0.2, 0) is 21.2 Å². The summed E-state index contributed by atoms with van der Waals surface area (Å²) < 4.78 is 25.8. The normalized spacial score (nSPS) is 16.3. The van der Waals surface area contributed by atoms with E-state index in [4.69, 9.17) is 0 Å². The van der Waals surface area contributed by atoms with Crippen molar-refractivity contribution in [2.75, 3.05) is 0 Å². The van der Waals surface area contributed by atoms with Crippen LogP contribution in [-0.4, -0.2) is 19.1 Å². The molecule has 4 nitrogen and oxygen atoms in total. The van der Waals surface area contributed by atoms with Gasteiger partial charge in [0.1, 0.15) is 0 Å². The molecule has 3 rings (SSSR count). The van der Waals surface area contributed by atoms with E-state index in [2.05, 4.69) is 5.32 Å². The van der Waals surface area contributed by atoms with Gasteiger partial charge >= 0.3 is 0 Å². The average molecular weight is 386 g/mol. The average Bonchev–Trinajstić information content (AvgIpc) is 3.13. The van der Waals surface area contributed by atoms with Gasteiger partial charge in [-0.15, -0.1) is 0 Å². The monoisotopic (exact) mass is 385 g/mol.